The molecule has 0 aromatic carbocycles. The van der Waals surface area contributed by atoms with Gasteiger partial charge in [-0.05, 0) is 13.0 Å². The smallest absolute Gasteiger partial charge is 0.264 e. The summed E-state index contributed by atoms with van der Waals surface area (Å²) >= 11 is 0. The van der Waals surface area contributed by atoms with Gasteiger partial charge >= 0.3 is 0 Å². The van der Waals surface area contributed by atoms with Crippen LogP contribution in [0.25, 0.3) is 22.3 Å². The van der Waals surface area contributed by atoms with Crippen LogP contribution in [0.5, 0.6) is 0 Å². The van der Waals surface area contributed by atoms with Gasteiger partial charge in [-0.2, -0.15) is 0 Å². The number of imidazole rings is 2. The molecule has 4 aromatic rings. The average Bonchev–Trinajstić information content (AvgIpc) is 3.73. The molecule has 11 atom stereocenters. The van der Waals surface area contributed by atoms with Gasteiger partial charge in [0.15, 0.2) is 35.7 Å². The summed E-state index contributed by atoms with van der Waals surface area (Å²) in [5.41, 5.74) is 13.1. The third-order valence-corrected chi connectivity index (χ3v) is 9.89. The lowest BCUT2D eigenvalue weighted by atomic mass is 10.1. The average molecular weight is 661 g/mol. The molecule has 3 saturated heterocycles. The van der Waals surface area contributed by atoms with Crippen LogP contribution in [0.1, 0.15) is 19.4 Å². The minimum absolute atomic E-state index is 0.0482. The summed E-state index contributed by atoms with van der Waals surface area (Å²) < 4.78 is 79.5. The number of pyridine rings is 1. The molecule has 0 saturated carbocycles. The summed E-state index contributed by atoms with van der Waals surface area (Å²) in [6.45, 7) is 0.706. The fourth-order valence-corrected chi connectivity index (χ4v) is 7.87. The van der Waals surface area contributed by atoms with Crippen LogP contribution in [0.4, 0.5) is 15.9 Å². The van der Waals surface area contributed by atoms with E-state index in [0.717, 1.165) is 6.33 Å². The van der Waals surface area contributed by atoms with Crippen molar-refractivity contribution in [2.45, 2.75) is 62.2 Å². The van der Waals surface area contributed by atoms with Gasteiger partial charge in [-0.15, -0.1) is 0 Å². The molecule has 23 heteroatoms. The molecule has 0 aliphatic carbocycles. The van der Waals surface area contributed by atoms with Crippen molar-refractivity contribution in [1.29, 1.82) is 0 Å². The van der Waals surface area contributed by atoms with Gasteiger partial charge in [-0.3, -0.25) is 18.3 Å². The number of hydrogen-bond acceptors (Lipinski definition) is 16. The largest absolute Gasteiger partial charge is 0.397 e. The second-order valence-corrected chi connectivity index (χ2v) is 13.7. The molecule has 5 N–H and O–H groups in total. The lowest BCUT2D eigenvalue weighted by Crippen LogP contribution is -2.41. The van der Waals surface area contributed by atoms with E-state index >= 15 is 4.39 Å². The van der Waals surface area contributed by atoms with Crippen molar-refractivity contribution in [3.05, 3.63) is 31.2 Å². The quantitative estimate of drug-likeness (QED) is 0.198. The van der Waals surface area contributed by atoms with Gasteiger partial charge in [0.05, 0.1) is 31.1 Å². The summed E-state index contributed by atoms with van der Waals surface area (Å²) in [6.07, 6.45) is -8.30. The SMILES string of the molecule is [B]P1(=O)OC[C@H]2O[C@@H](n3cnc4c(N)ncnc43)C(F)[C@H]2OP([B])(=O)OC(C)[C@H]2O[C@@H](n3cnc4c(N)ccnc43)[C@@H](O)C2O1. The molecule has 0 amide bonds. The molecule has 234 valence electrons. The normalized spacial score (nSPS) is 39.3. The molecule has 18 nitrogen and oxygen atoms in total. The van der Waals surface area contributed by atoms with E-state index < -0.39 is 76.8 Å². The molecular weight excluding hydrogens is 637 g/mol. The maximum Gasteiger partial charge on any atom is 0.264 e. The topological polar surface area (TPSA) is 236 Å². The van der Waals surface area contributed by atoms with Gasteiger partial charge in [-0.1, -0.05) is 0 Å². The van der Waals surface area contributed by atoms with E-state index in [1.165, 1.54) is 34.9 Å². The first-order valence-electron chi connectivity index (χ1n) is 13.4. The van der Waals surface area contributed by atoms with Crippen molar-refractivity contribution in [3.8, 4) is 0 Å². The molecule has 0 spiro atoms. The number of nitrogens with zero attached hydrogens (tertiary/aromatic N) is 7. The number of ether oxygens (including phenoxy) is 2. The number of halogens is 1. The third kappa shape index (κ3) is 5.35. The van der Waals surface area contributed by atoms with E-state index in [4.69, 9.17) is 54.2 Å². The Hall–Kier alpha value is -2.99. The van der Waals surface area contributed by atoms with Crippen LogP contribution in [0.3, 0.4) is 0 Å². The minimum atomic E-state index is -4.60. The van der Waals surface area contributed by atoms with Crippen LogP contribution < -0.4 is 11.5 Å². The molecule has 45 heavy (non-hydrogen) atoms. The predicted molar refractivity (Wildman–Crippen MR) is 153 cm³/mol. The maximum absolute atomic E-state index is 16.0. The first-order chi connectivity index (χ1) is 21.3. The van der Waals surface area contributed by atoms with Crippen LogP contribution in [0, 0.1) is 0 Å². The number of fused-ring (bicyclic) bond motifs is 4. The molecular formula is C22H24B2FN9O9P2. The van der Waals surface area contributed by atoms with Crippen LogP contribution >= 0.6 is 14.9 Å². The van der Waals surface area contributed by atoms with Gasteiger partial charge in [0.2, 0.25) is 15.1 Å². The second kappa shape index (κ2) is 11.1. The van der Waals surface area contributed by atoms with Crippen LogP contribution in [-0.2, 0) is 36.7 Å². The molecule has 3 aliphatic rings. The van der Waals surface area contributed by atoms with Crippen molar-refractivity contribution >= 4 is 63.9 Å². The van der Waals surface area contributed by atoms with Crippen molar-refractivity contribution in [2.24, 2.45) is 0 Å². The Morgan fingerprint density at radius 1 is 0.911 bits per heavy atom. The van der Waals surface area contributed by atoms with Gasteiger partial charge in [0.1, 0.15) is 47.9 Å². The van der Waals surface area contributed by atoms with E-state index in [0.29, 0.717) is 11.2 Å². The zero-order chi connectivity index (χ0) is 31.8. The highest BCUT2D eigenvalue weighted by Gasteiger charge is 2.54. The van der Waals surface area contributed by atoms with Crippen LogP contribution in [0.2, 0.25) is 0 Å². The first kappa shape index (κ1) is 30.7. The van der Waals surface area contributed by atoms with Crippen molar-refractivity contribution < 1.29 is 46.2 Å². The molecule has 5 unspecified atom stereocenters. The number of anilines is 2. The summed E-state index contributed by atoms with van der Waals surface area (Å²) in [4.78, 5) is 20.5. The number of hydrogen-bond donors (Lipinski definition) is 3. The van der Waals surface area contributed by atoms with E-state index in [1.54, 1.807) is 6.07 Å². The Labute approximate surface area is 255 Å². The molecule has 7 heterocycles. The predicted octanol–water partition coefficient (Wildman–Crippen LogP) is 0.688. The van der Waals surface area contributed by atoms with Crippen LogP contribution in [-0.4, -0.2) is 104 Å². The Balaban J connectivity index is 1.19. The summed E-state index contributed by atoms with van der Waals surface area (Å²) in [5.74, 6) is 0.0482. The van der Waals surface area contributed by atoms with Crippen LogP contribution in [0.15, 0.2) is 31.2 Å². The van der Waals surface area contributed by atoms with E-state index in [2.05, 4.69) is 24.9 Å². The summed E-state index contributed by atoms with van der Waals surface area (Å²) in [5, 5.41) is 11.3. The highest BCUT2D eigenvalue weighted by Crippen LogP contribution is 2.55. The van der Waals surface area contributed by atoms with E-state index in [9.17, 15) is 14.2 Å². The molecule has 0 bridgehead atoms. The van der Waals surface area contributed by atoms with Crippen molar-refractivity contribution in [2.75, 3.05) is 18.1 Å². The Bertz CT molecular complexity index is 1870. The standard InChI is InChI=1S/C22H24B2FN9O9P2/c1-8-15-17(14(35)22(40-15)34-6-31-12-9(26)2-3-28-19(12)34)43-44(23,36)38-4-10-16(42-45(24,37)41-8)11(25)21(39-10)33-7-32-13-18(27)29-5-30-20(13)33/h2-3,5-8,10-11,14-17,21-22,35H,4H2,1H3,(H2,26,28)(H2,27,29,30)/t8?,10-,11?,14+,15-,16+,17?,21-,22-,44?,45?/m1/s1. The zero-order valence-corrected chi connectivity index (χ0v) is 25.0. The molecule has 4 aromatic heterocycles. The second-order valence-electron chi connectivity index (χ2n) is 10.6. The Morgan fingerprint density at radius 2 is 1.60 bits per heavy atom. The first-order valence-corrected chi connectivity index (χ1v) is 16.7. The zero-order valence-electron chi connectivity index (χ0n) is 23.2. The van der Waals surface area contributed by atoms with E-state index in [1.807, 2.05) is 0 Å². The number of aromatic nitrogens is 7. The highest BCUT2D eigenvalue weighted by molar-refractivity contribution is 7.79. The minimum Gasteiger partial charge on any atom is -0.397 e. The van der Waals surface area contributed by atoms with Gasteiger partial charge < -0.3 is 44.1 Å². The fraction of sp³-hybridized carbons (Fsp3) is 0.500. The summed E-state index contributed by atoms with van der Waals surface area (Å²) in [6, 6.07) is 1.55. The summed E-state index contributed by atoms with van der Waals surface area (Å²) in [7, 11) is 2.74. The van der Waals surface area contributed by atoms with Crippen molar-refractivity contribution in [1.82, 2.24) is 34.1 Å². The highest BCUT2D eigenvalue weighted by atomic mass is 31.2. The number of aliphatic hydroxyl groups is 1. The number of alkyl halides is 1. The maximum atomic E-state index is 16.0. The van der Waals surface area contributed by atoms with Gasteiger partial charge in [0, 0.05) is 6.20 Å². The molecule has 3 fully saturated rings. The molecule has 4 radical (unpaired) electrons. The number of nitrogens with two attached hydrogens (primary N) is 2. The third-order valence-electron chi connectivity index (χ3n) is 7.68. The number of aliphatic hydroxyl groups excluding tert-OH is 1. The molecule has 3 aliphatic heterocycles. The van der Waals surface area contributed by atoms with Crippen molar-refractivity contribution in [3.63, 3.8) is 0 Å². The monoisotopic (exact) mass is 661 g/mol. The fourth-order valence-electron chi connectivity index (χ4n) is 5.64. The number of rotatable bonds is 2. The molecule has 7 rings (SSSR count). The lowest BCUT2D eigenvalue weighted by molar-refractivity contribution is -0.0772. The van der Waals surface area contributed by atoms with Gasteiger partial charge in [-0.25, -0.2) is 29.3 Å². The number of nitrogen functional groups attached to an aromatic ring is 2. The lowest BCUT2D eigenvalue weighted by Gasteiger charge is -2.33. The Kier molecular flexibility index (Phi) is 7.54. The van der Waals surface area contributed by atoms with Gasteiger partial charge in [0.25, 0.3) is 14.9 Å². The Morgan fingerprint density at radius 3 is 2.38 bits per heavy atom. The van der Waals surface area contributed by atoms with E-state index in [-0.39, 0.29) is 22.6 Å².